The molecule has 1 N–H and O–H groups in total. The first-order chi connectivity index (χ1) is 11.5. The zero-order valence-electron chi connectivity index (χ0n) is 14.8. The van der Waals surface area contributed by atoms with E-state index in [0.29, 0.717) is 5.56 Å². The quantitative estimate of drug-likeness (QED) is 0.870. The van der Waals surface area contributed by atoms with Crippen molar-refractivity contribution in [1.29, 1.82) is 0 Å². The molecule has 1 saturated heterocycles. The Hall–Kier alpha value is -2.07. The van der Waals surface area contributed by atoms with Gasteiger partial charge in [-0.25, -0.2) is 4.79 Å². The minimum Gasteiger partial charge on any atom is -0.459 e. The number of ether oxygens (including phenoxy) is 1. The molecule has 1 aliphatic rings. The van der Waals surface area contributed by atoms with Gasteiger partial charge in [-0.05, 0) is 44.7 Å². The molecule has 2 heterocycles. The molecule has 0 aliphatic carbocycles. The molecule has 0 unspecified atom stereocenters. The maximum absolute atomic E-state index is 12.5. The summed E-state index contributed by atoms with van der Waals surface area (Å²) in [5.74, 6) is -0.184. The van der Waals surface area contributed by atoms with Crippen LogP contribution < -0.4 is 0 Å². The van der Waals surface area contributed by atoms with Crippen molar-refractivity contribution in [3.8, 4) is 0 Å². The Morgan fingerprint density at radius 1 is 1.12 bits per heavy atom. The van der Waals surface area contributed by atoms with Crippen LogP contribution in [0.1, 0.15) is 45.7 Å². The predicted molar refractivity (Wildman–Crippen MR) is 95.2 cm³/mol. The lowest BCUT2D eigenvalue weighted by atomic mass is 10.1. The number of nitrogens with zero attached hydrogens (tertiary/aromatic N) is 1. The molecule has 1 aliphatic heterocycles. The molecule has 0 bridgehead atoms. The number of benzene rings is 1. The lowest BCUT2D eigenvalue weighted by Gasteiger charge is -2.31. The number of carbonyl (C=O) groups is 1. The summed E-state index contributed by atoms with van der Waals surface area (Å²) < 4.78 is 5.77. The number of carbonyl (C=O) groups excluding carboxylic acids is 1. The summed E-state index contributed by atoms with van der Waals surface area (Å²) in [4.78, 5) is 18.1. The van der Waals surface area contributed by atoms with Crippen LogP contribution in [-0.2, 0) is 11.3 Å². The molecule has 24 heavy (non-hydrogen) atoms. The highest BCUT2D eigenvalue weighted by Gasteiger charge is 2.25. The van der Waals surface area contributed by atoms with Crippen molar-refractivity contribution in [2.75, 3.05) is 13.1 Å². The third-order valence-electron chi connectivity index (χ3n) is 4.95. The highest BCUT2D eigenvalue weighted by molar-refractivity contribution is 5.92. The lowest BCUT2D eigenvalue weighted by Crippen LogP contribution is -2.37. The Labute approximate surface area is 143 Å². The number of H-pyrrole nitrogens is 1. The van der Waals surface area contributed by atoms with Gasteiger partial charge in [0.2, 0.25) is 0 Å². The van der Waals surface area contributed by atoms with E-state index in [2.05, 4.69) is 34.1 Å². The van der Waals surface area contributed by atoms with Crippen molar-refractivity contribution in [1.82, 2.24) is 9.88 Å². The van der Waals surface area contributed by atoms with Crippen molar-refractivity contribution >= 4 is 5.97 Å². The van der Waals surface area contributed by atoms with Gasteiger partial charge in [-0.3, -0.25) is 4.90 Å². The third kappa shape index (κ3) is 3.70. The van der Waals surface area contributed by atoms with Crippen LogP contribution in [0.2, 0.25) is 0 Å². The van der Waals surface area contributed by atoms with Gasteiger partial charge in [0.15, 0.2) is 0 Å². The van der Waals surface area contributed by atoms with E-state index in [-0.39, 0.29) is 12.1 Å². The number of nitrogens with one attached hydrogen (secondary N) is 1. The van der Waals surface area contributed by atoms with E-state index in [1.165, 1.54) is 5.56 Å². The first-order valence-electron chi connectivity index (χ1n) is 8.67. The van der Waals surface area contributed by atoms with Crippen LogP contribution in [0.5, 0.6) is 0 Å². The molecule has 4 heteroatoms. The zero-order valence-corrected chi connectivity index (χ0v) is 14.8. The van der Waals surface area contributed by atoms with Crippen LogP contribution in [0.4, 0.5) is 0 Å². The van der Waals surface area contributed by atoms with Crippen LogP contribution in [0.15, 0.2) is 30.3 Å². The van der Waals surface area contributed by atoms with Crippen molar-refractivity contribution in [2.45, 2.75) is 46.3 Å². The van der Waals surface area contributed by atoms with Gasteiger partial charge in [0, 0.05) is 31.0 Å². The Morgan fingerprint density at radius 3 is 2.38 bits per heavy atom. The van der Waals surface area contributed by atoms with Gasteiger partial charge in [-0.2, -0.15) is 0 Å². The number of aromatic amines is 1. The van der Waals surface area contributed by atoms with Gasteiger partial charge in [0.1, 0.15) is 6.10 Å². The number of aryl methyl sites for hydroxylation is 2. The molecule has 3 rings (SSSR count). The second kappa shape index (κ2) is 7.22. The van der Waals surface area contributed by atoms with Gasteiger partial charge >= 0.3 is 5.97 Å². The van der Waals surface area contributed by atoms with E-state index in [4.69, 9.17) is 4.74 Å². The molecule has 0 radical (unpaired) electrons. The summed E-state index contributed by atoms with van der Waals surface area (Å²) in [6.07, 6.45) is 1.83. The summed E-state index contributed by atoms with van der Waals surface area (Å²) in [5, 5.41) is 0. The standard InChI is InChI=1S/C20H26N2O2/c1-14-15(2)21-16(3)19(14)20(23)24-18-9-11-22(12-10-18)13-17-7-5-4-6-8-17/h4-8,18,21H,9-13H2,1-3H3. The fourth-order valence-corrected chi connectivity index (χ4v) is 3.45. The Balaban J connectivity index is 1.53. The maximum atomic E-state index is 12.5. The van der Waals surface area contributed by atoms with Gasteiger partial charge < -0.3 is 9.72 Å². The minimum absolute atomic E-state index is 0.0264. The number of esters is 1. The van der Waals surface area contributed by atoms with Crippen LogP contribution in [0.3, 0.4) is 0 Å². The van der Waals surface area contributed by atoms with Crippen LogP contribution >= 0.6 is 0 Å². The predicted octanol–water partition coefficient (Wildman–Crippen LogP) is 3.76. The molecule has 0 amide bonds. The maximum Gasteiger partial charge on any atom is 0.340 e. The van der Waals surface area contributed by atoms with Crippen molar-refractivity contribution in [3.63, 3.8) is 0 Å². The number of rotatable bonds is 4. The highest BCUT2D eigenvalue weighted by Crippen LogP contribution is 2.22. The van der Waals surface area contributed by atoms with E-state index in [1.54, 1.807) is 0 Å². The smallest absolute Gasteiger partial charge is 0.340 e. The molecule has 1 aromatic carbocycles. The average molecular weight is 326 g/mol. The average Bonchev–Trinajstić information content (AvgIpc) is 2.83. The first-order valence-corrected chi connectivity index (χ1v) is 8.67. The Kier molecular flexibility index (Phi) is 5.05. The van der Waals surface area contributed by atoms with Crippen molar-refractivity contribution < 1.29 is 9.53 Å². The molecular formula is C20H26N2O2. The van der Waals surface area contributed by atoms with Gasteiger partial charge in [-0.15, -0.1) is 0 Å². The lowest BCUT2D eigenvalue weighted by molar-refractivity contribution is 0.0103. The van der Waals surface area contributed by atoms with E-state index >= 15 is 0 Å². The molecule has 1 aromatic heterocycles. The normalized spacial score (nSPS) is 16.3. The molecular weight excluding hydrogens is 300 g/mol. The van der Waals surface area contributed by atoms with Gasteiger partial charge in [0.25, 0.3) is 0 Å². The highest BCUT2D eigenvalue weighted by atomic mass is 16.5. The van der Waals surface area contributed by atoms with Crippen LogP contribution in [-0.4, -0.2) is 35.0 Å². The second-order valence-electron chi connectivity index (χ2n) is 6.74. The molecule has 128 valence electrons. The number of hydrogen-bond donors (Lipinski definition) is 1. The monoisotopic (exact) mass is 326 g/mol. The summed E-state index contributed by atoms with van der Waals surface area (Å²) in [5.41, 5.74) is 4.98. The summed E-state index contributed by atoms with van der Waals surface area (Å²) >= 11 is 0. The Morgan fingerprint density at radius 2 is 1.79 bits per heavy atom. The largest absolute Gasteiger partial charge is 0.459 e. The third-order valence-corrected chi connectivity index (χ3v) is 4.95. The molecule has 0 saturated carbocycles. The zero-order chi connectivity index (χ0) is 17.1. The first kappa shape index (κ1) is 16.8. The fourth-order valence-electron chi connectivity index (χ4n) is 3.45. The van der Waals surface area contributed by atoms with Crippen molar-refractivity contribution in [3.05, 3.63) is 58.4 Å². The van der Waals surface area contributed by atoms with Gasteiger partial charge in [-0.1, -0.05) is 30.3 Å². The van der Waals surface area contributed by atoms with E-state index in [0.717, 1.165) is 49.4 Å². The minimum atomic E-state index is -0.184. The van der Waals surface area contributed by atoms with Gasteiger partial charge in [0.05, 0.1) is 5.56 Å². The number of likely N-dealkylation sites (tertiary alicyclic amines) is 1. The van der Waals surface area contributed by atoms with E-state index in [1.807, 2.05) is 26.8 Å². The Bertz CT molecular complexity index is 698. The molecule has 2 aromatic rings. The second-order valence-corrected chi connectivity index (χ2v) is 6.74. The van der Waals surface area contributed by atoms with E-state index in [9.17, 15) is 4.79 Å². The summed E-state index contributed by atoms with van der Waals surface area (Å²) in [6, 6.07) is 10.5. The molecule has 4 nitrogen and oxygen atoms in total. The molecule has 1 fully saturated rings. The van der Waals surface area contributed by atoms with E-state index < -0.39 is 0 Å². The number of piperidine rings is 1. The number of aromatic nitrogens is 1. The summed E-state index contributed by atoms with van der Waals surface area (Å²) in [7, 11) is 0. The van der Waals surface area contributed by atoms with Crippen LogP contribution in [0, 0.1) is 20.8 Å². The van der Waals surface area contributed by atoms with Crippen LogP contribution in [0.25, 0.3) is 0 Å². The number of hydrogen-bond acceptors (Lipinski definition) is 3. The fraction of sp³-hybridized carbons (Fsp3) is 0.450. The summed E-state index contributed by atoms with van der Waals surface area (Å²) in [6.45, 7) is 8.79. The SMILES string of the molecule is Cc1[nH]c(C)c(C(=O)OC2CCN(Cc3ccccc3)CC2)c1C. The molecule has 0 spiro atoms. The topological polar surface area (TPSA) is 45.3 Å². The molecule has 0 atom stereocenters. The van der Waals surface area contributed by atoms with Crippen molar-refractivity contribution in [2.24, 2.45) is 0 Å².